The van der Waals surface area contributed by atoms with Gasteiger partial charge >= 0.3 is 0 Å². The van der Waals surface area contributed by atoms with Crippen LogP contribution >= 0.6 is 11.3 Å². The Balaban J connectivity index is 1.79. The molecule has 2 aromatic heterocycles. The number of rotatable bonds is 1. The van der Waals surface area contributed by atoms with Crippen LogP contribution in [-0.4, -0.2) is 9.55 Å². The predicted octanol–water partition coefficient (Wildman–Crippen LogP) is 5.32. The second kappa shape index (κ2) is 5.92. The number of aromatic nitrogens is 2. The molecule has 0 aliphatic carbocycles. The largest absolute Gasteiger partial charge is 0.292 e. The zero-order chi connectivity index (χ0) is 18.6. The van der Waals surface area contributed by atoms with Gasteiger partial charge in [0.25, 0.3) is 5.56 Å². The molecule has 0 bridgehead atoms. The van der Waals surface area contributed by atoms with Crippen LogP contribution in [-0.2, 0) is 12.0 Å². The van der Waals surface area contributed by atoms with E-state index in [0.717, 1.165) is 45.7 Å². The van der Waals surface area contributed by atoms with E-state index in [1.165, 1.54) is 10.4 Å². The average molecular weight is 365 g/mol. The van der Waals surface area contributed by atoms with Crippen molar-refractivity contribution >= 4 is 33.2 Å². The van der Waals surface area contributed by atoms with Crippen molar-refractivity contribution in [3.8, 4) is 0 Å². The molecular weight excluding hydrogens is 340 g/mol. The lowest BCUT2D eigenvalue weighted by molar-refractivity contribution is 0.590. The van der Waals surface area contributed by atoms with Crippen molar-refractivity contribution in [2.24, 2.45) is 0 Å². The van der Waals surface area contributed by atoms with Crippen molar-refractivity contribution in [2.45, 2.75) is 53.0 Å². The normalized spacial score (nSPS) is 15.8. The molecule has 0 unspecified atom stereocenters. The molecule has 134 valence electrons. The molecule has 1 aromatic carbocycles. The average Bonchev–Trinajstić information content (AvgIpc) is 3.10. The molecule has 0 saturated heterocycles. The van der Waals surface area contributed by atoms with Gasteiger partial charge in [0.05, 0.1) is 5.39 Å². The van der Waals surface area contributed by atoms with Crippen LogP contribution in [0.15, 0.2) is 29.1 Å². The van der Waals surface area contributed by atoms with Gasteiger partial charge in [0.2, 0.25) is 0 Å². The maximum absolute atomic E-state index is 12.9. The first-order chi connectivity index (χ1) is 12.3. The Morgan fingerprint density at radius 3 is 2.50 bits per heavy atom. The third kappa shape index (κ3) is 2.73. The van der Waals surface area contributed by atoms with Gasteiger partial charge in [-0.15, -0.1) is 11.3 Å². The fourth-order valence-electron chi connectivity index (χ4n) is 3.54. The Labute approximate surface area is 158 Å². The minimum absolute atomic E-state index is 0.110. The highest BCUT2D eigenvalue weighted by Crippen LogP contribution is 2.32. The summed E-state index contributed by atoms with van der Waals surface area (Å²) in [7, 11) is 0. The Hall–Kier alpha value is -2.20. The molecule has 3 heterocycles. The van der Waals surface area contributed by atoms with Crippen LogP contribution in [0.2, 0.25) is 0 Å². The SMILES string of the molecule is Cc1sc2nc3n(c(=O)c2c1C)CC/C3=C\c1ccc(C(C)(C)C)cc1. The number of hydrogen-bond donors (Lipinski definition) is 0. The van der Waals surface area contributed by atoms with E-state index in [-0.39, 0.29) is 11.0 Å². The molecule has 0 spiro atoms. The summed E-state index contributed by atoms with van der Waals surface area (Å²) in [6, 6.07) is 8.70. The molecule has 0 amide bonds. The van der Waals surface area contributed by atoms with Crippen LogP contribution in [0, 0.1) is 13.8 Å². The monoisotopic (exact) mass is 364 g/mol. The van der Waals surface area contributed by atoms with Gasteiger partial charge in [0.1, 0.15) is 10.7 Å². The van der Waals surface area contributed by atoms with Gasteiger partial charge in [0, 0.05) is 11.4 Å². The van der Waals surface area contributed by atoms with Crippen molar-refractivity contribution < 1.29 is 0 Å². The van der Waals surface area contributed by atoms with Gasteiger partial charge in [-0.05, 0) is 54.0 Å². The number of aryl methyl sites for hydroxylation is 2. The van der Waals surface area contributed by atoms with Crippen LogP contribution in [0.4, 0.5) is 0 Å². The summed E-state index contributed by atoms with van der Waals surface area (Å²) in [5.41, 5.74) is 4.98. The van der Waals surface area contributed by atoms with E-state index < -0.39 is 0 Å². The molecule has 0 saturated carbocycles. The molecule has 0 radical (unpaired) electrons. The quantitative estimate of drug-likeness (QED) is 0.586. The molecule has 26 heavy (non-hydrogen) atoms. The molecule has 0 N–H and O–H groups in total. The van der Waals surface area contributed by atoms with Crippen LogP contribution in [0.25, 0.3) is 21.9 Å². The minimum atomic E-state index is 0.110. The topological polar surface area (TPSA) is 34.9 Å². The van der Waals surface area contributed by atoms with Gasteiger partial charge < -0.3 is 0 Å². The number of nitrogens with zero attached hydrogens (tertiary/aromatic N) is 2. The molecule has 3 nitrogen and oxygen atoms in total. The number of hydrogen-bond acceptors (Lipinski definition) is 3. The highest BCUT2D eigenvalue weighted by Gasteiger charge is 2.23. The van der Waals surface area contributed by atoms with Crippen LogP contribution in [0.5, 0.6) is 0 Å². The number of thiophene rings is 1. The van der Waals surface area contributed by atoms with E-state index >= 15 is 0 Å². The zero-order valence-electron chi connectivity index (χ0n) is 16.0. The van der Waals surface area contributed by atoms with Crippen molar-refractivity contribution in [1.82, 2.24) is 9.55 Å². The van der Waals surface area contributed by atoms with Crippen molar-refractivity contribution in [1.29, 1.82) is 0 Å². The maximum atomic E-state index is 12.9. The van der Waals surface area contributed by atoms with Crippen LogP contribution < -0.4 is 5.56 Å². The number of fused-ring (bicyclic) bond motifs is 2. The van der Waals surface area contributed by atoms with Gasteiger partial charge in [-0.2, -0.15) is 0 Å². The Morgan fingerprint density at radius 1 is 1.15 bits per heavy atom. The first-order valence-electron chi connectivity index (χ1n) is 9.08. The van der Waals surface area contributed by atoms with Crippen LogP contribution in [0.3, 0.4) is 0 Å². The van der Waals surface area contributed by atoms with Gasteiger partial charge in [0.15, 0.2) is 0 Å². The zero-order valence-corrected chi connectivity index (χ0v) is 16.8. The molecule has 3 aromatic rings. The smallest absolute Gasteiger partial charge is 0.262 e. The summed E-state index contributed by atoms with van der Waals surface area (Å²) >= 11 is 1.62. The summed E-state index contributed by atoms with van der Waals surface area (Å²) in [5, 5.41) is 0.798. The van der Waals surface area contributed by atoms with Crippen LogP contribution in [0.1, 0.15) is 54.6 Å². The predicted molar refractivity (Wildman–Crippen MR) is 111 cm³/mol. The van der Waals surface area contributed by atoms with E-state index in [1.807, 2.05) is 11.5 Å². The Kier molecular flexibility index (Phi) is 3.92. The molecule has 1 aliphatic rings. The highest BCUT2D eigenvalue weighted by molar-refractivity contribution is 7.18. The van der Waals surface area contributed by atoms with E-state index in [0.29, 0.717) is 0 Å². The van der Waals surface area contributed by atoms with Gasteiger partial charge in [-0.1, -0.05) is 45.0 Å². The lowest BCUT2D eigenvalue weighted by Crippen LogP contribution is -2.20. The third-order valence-corrected chi connectivity index (χ3v) is 6.40. The fourth-order valence-corrected chi connectivity index (χ4v) is 4.56. The van der Waals surface area contributed by atoms with E-state index in [2.05, 4.69) is 58.0 Å². The van der Waals surface area contributed by atoms with Crippen molar-refractivity contribution in [3.05, 3.63) is 62.0 Å². The molecule has 1 aliphatic heterocycles. The molecule has 4 heteroatoms. The van der Waals surface area contributed by atoms with Gasteiger partial charge in [-0.3, -0.25) is 9.36 Å². The summed E-state index contributed by atoms with van der Waals surface area (Å²) in [6.45, 7) is 11.5. The lowest BCUT2D eigenvalue weighted by atomic mass is 9.86. The molecule has 0 fully saturated rings. The Morgan fingerprint density at radius 2 is 1.85 bits per heavy atom. The minimum Gasteiger partial charge on any atom is -0.292 e. The third-order valence-electron chi connectivity index (χ3n) is 5.30. The molecule has 4 rings (SSSR count). The van der Waals surface area contributed by atoms with Crippen molar-refractivity contribution in [2.75, 3.05) is 0 Å². The van der Waals surface area contributed by atoms with Gasteiger partial charge in [-0.25, -0.2) is 4.98 Å². The first kappa shape index (κ1) is 17.2. The van der Waals surface area contributed by atoms with E-state index in [1.54, 1.807) is 11.3 Å². The molecule has 0 atom stereocenters. The summed E-state index contributed by atoms with van der Waals surface area (Å²) in [4.78, 5) is 19.8. The second-order valence-electron chi connectivity index (χ2n) is 8.15. The maximum Gasteiger partial charge on any atom is 0.262 e. The van der Waals surface area contributed by atoms with Crippen molar-refractivity contribution in [3.63, 3.8) is 0 Å². The molecular formula is C22H24N2OS. The Bertz CT molecular complexity index is 1090. The highest BCUT2D eigenvalue weighted by atomic mass is 32.1. The van der Waals surface area contributed by atoms with E-state index in [9.17, 15) is 4.79 Å². The number of allylic oxidation sites excluding steroid dienone is 1. The standard InChI is InChI=1S/C22H24N2OS/c1-13-14(2)26-20-18(13)21(25)24-11-10-16(19(24)23-20)12-15-6-8-17(9-7-15)22(3,4)5/h6-9,12H,10-11H2,1-5H3/b16-12+. The second-order valence-corrected chi connectivity index (χ2v) is 9.35. The first-order valence-corrected chi connectivity index (χ1v) is 9.89. The lowest BCUT2D eigenvalue weighted by Gasteiger charge is -2.18. The summed E-state index contributed by atoms with van der Waals surface area (Å²) in [6.07, 6.45) is 3.04. The summed E-state index contributed by atoms with van der Waals surface area (Å²) < 4.78 is 1.84. The fraction of sp³-hybridized carbons (Fsp3) is 0.364. The van der Waals surface area contributed by atoms with E-state index in [4.69, 9.17) is 4.98 Å². The summed E-state index contributed by atoms with van der Waals surface area (Å²) in [5.74, 6) is 0.837. The number of benzene rings is 1.